The Morgan fingerprint density at radius 2 is 1.13 bits per heavy atom. The molecule has 0 radical (unpaired) electrons. The molecule has 6 aromatic rings. The Kier molecular flexibility index (Phi) is 3.92. The molecule has 0 aliphatic carbocycles. The van der Waals surface area contributed by atoms with E-state index in [1.165, 1.54) is 54.8 Å². The third-order valence-electron chi connectivity index (χ3n) is 6.07. The highest BCUT2D eigenvalue weighted by atomic mass is 14.7. The predicted octanol–water partition coefficient (Wildman–Crippen LogP) is 7.73. The van der Waals surface area contributed by atoms with Gasteiger partial charge in [-0.1, -0.05) is 103 Å². The molecule has 6 rings (SSSR count). The number of hydrogen-bond donors (Lipinski definition) is 1. The van der Waals surface area contributed by atoms with Gasteiger partial charge in [0.05, 0.1) is 5.52 Å². The highest BCUT2D eigenvalue weighted by molar-refractivity contribution is 6.25. The maximum absolute atomic E-state index is 3.76. The average Bonchev–Trinajstić information content (AvgIpc) is 3.20. The van der Waals surface area contributed by atoms with Crippen LogP contribution in [-0.2, 0) is 6.42 Å². The van der Waals surface area contributed by atoms with Crippen LogP contribution in [0.2, 0.25) is 0 Å². The molecule has 30 heavy (non-hydrogen) atoms. The first-order chi connectivity index (χ1) is 14.9. The molecule has 0 fully saturated rings. The molecule has 1 heterocycles. The highest BCUT2D eigenvalue weighted by Gasteiger charge is 2.19. The summed E-state index contributed by atoms with van der Waals surface area (Å²) >= 11 is 0. The maximum atomic E-state index is 3.76. The van der Waals surface area contributed by atoms with Crippen LogP contribution in [0, 0.1) is 0 Å². The lowest BCUT2D eigenvalue weighted by Gasteiger charge is -2.16. The number of para-hydroxylation sites is 1. The van der Waals surface area contributed by atoms with Crippen molar-refractivity contribution in [3.8, 4) is 11.1 Å². The van der Waals surface area contributed by atoms with Crippen LogP contribution in [0.5, 0.6) is 0 Å². The van der Waals surface area contributed by atoms with Gasteiger partial charge in [0.1, 0.15) is 0 Å². The van der Waals surface area contributed by atoms with Crippen LogP contribution < -0.4 is 0 Å². The first-order valence-corrected chi connectivity index (χ1v) is 10.4. The van der Waals surface area contributed by atoms with Crippen molar-refractivity contribution in [2.75, 3.05) is 0 Å². The molecular formula is C29H21N. The van der Waals surface area contributed by atoms with Crippen LogP contribution >= 0.6 is 0 Å². The van der Waals surface area contributed by atoms with E-state index in [1.54, 1.807) is 0 Å². The number of fused-ring (bicyclic) bond motifs is 5. The molecule has 0 atom stereocenters. The van der Waals surface area contributed by atoms with E-state index in [4.69, 9.17) is 0 Å². The second kappa shape index (κ2) is 6.89. The Balaban J connectivity index is 1.81. The molecule has 0 saturated heterocycles. The normalized spacial score (nSPS) is 11.5. The van der Waals surface area contributed by atoms with Gasteiger partial charge < -0.3 is 4.98 Å². The molecule has 1 N–H and O–H groups in total. The van der Waals surface area contributed by atoms with Crippen molar-refractivity contribution in [3.63, 3.8) is 0 Å². The SMILES string of the molecule is c1ccc(Cc2c(-c3ccccc3)c3[nH]c4ccccc4c3c3ccccc23)cc1. The van der Waals surface area contributed by atoms with Gasteiger partial charge in [-0.15, -0.1) is 0 Å². The highest BCUT2D eigenvalue weighted by Crippen LogP contribution is 2.42. The van der Waals surface area contributed by atoms with Crippen LogP contribution in [-0.4, -0.2) is 4.98 Å². The largest absolute Gasteiger partial charge is 0.354 e. The summed E-state index contributed by atoms with van der Waals surface area (Å²) in [5, 5.41) is 5.25. The fraction of sp³-hybridized carbons (Fsp3) is 0.0345. The van der Waals surface area contributed by atoms with Crippen molar-refractivity contribution in [1.82, 2.24) is 4.98 Å². The van der Waals surface area contributed by atoms with E-state index in [9.17, 15) is 0 Å². The van der Waals surface area contributed by atoms with Crippen molar-refractivity contribution in [2.24, 2.45) is 0 Å². The summed E-state index contributed by atoms with van der Waals surface area (Å²) in [4.78, 5) is 3.76. The van der Waals surface area contributed by atoms with Gasteiger partial charge in [0.25, 0.3) is 0 Å². The van der Waals surface area contributed by atoms with E-state index in [-0.39, 0.29) is 0 Å². The predicted molar refractivity (Wildman–Crippen MR) is 128 cm³/mol. The number of benzene rings is 5. The van der Waals surface area contributed by atoms with Gasteiger partial charge in [-0.05, 0) is 39.9 Å². The van der Waals surface area contributed by atoms with Crippen molar-refractivity contribution < 1.29 is 0 Å². The van der Waals surface area contributed by atoms with Crippen LogP contribution in [0.3, 0.4) is 0 Å². The van der Waals surface area contributed by atoms with Gasteiger partial charge in [0.2, 0.25) is 0 Å². The standard InChI is InChI=1S/C29H21N/c1-3-11-20(12-4-1)19-25-22-15-7-8-16-23(22)28-24-17-9-10-18-26(24)30-29(28)27(25)21-13-5-2-6-14-21/h1-18,30H,19H2. The van der Waals surface area contributed by atoms with Gasteiger partial charge in [-0.2, -0.15) is 0 Å². The Morgan fingerprint density at radius 3 is 1.90 bits per heavy atom. The zero-order chi connectivity index (χ0) is 19.9. The van der Waals surface area contributed by atoms with Crippen LogP contribution in [0.4, 0.5) is 0 Å². The summed E-state index contributed by atoms with van der Waals surface area (Å²) in [6.07, 6.45) is 0.900. The van der Waals surface area contributed by atoms with Gasteiger partial charge in [0, 0.05) is 21.9 Å². The average molecular weight is 383 g/mol. The molecule has 0 aliphatic rings. The molecule has 1 nitrogen and oxygen atoms in total. The molecule has 0 bridgehead atoms. The Morgan fingerprint density at radius 1 is 0.533 bits per heavy atom. The van der Waals surface area contributed by atoms with Gasteiger partial charge in [0.15, 0.2) is 0 Å². The monoisotopic (exact) mass is 383 g/mol. The summed E-state index contributed by atoms with van der Waals surface area (Å²) in [7, 11) is 0. The fourth-order valence-electron chi connectivity index (χ4n) is 4.77. The topological polar surface area (TPSA) is 15.8 Å². The van der Waals surface area contributed by atoms with Crippen molar-refractivity contribution in [2.45, 2.75) is 6.42 Å². The number of aromatic nitrogens is 1. The zero-order valence-electron chi connectivity index (χ0n) is 16.6. The third-order valence-corrected chi connectivity index (χ3v) is 6.07. The summed E-state index contributed by atoms with van der Waals surface area (Å²) < 4.78 is 0. The number of H-pyrrole nitrogens is 1. The Labute approximate surface area is 175 Å². The van der Waals surface area contributed by atoms with Crippen LogP contribution in [0.25, 0.3) is 43.7 Å². The smallest absolute Gasteiger partial charge is 0.0553 e. The molecule has 1 aromatic heterocycles. The molecule has 0 saturated carbocycles. The Bertz CT molecular complexity index is 1490. The van der Waals surface area contributed by atoms with Crippen molar-refractivity contribution in [3.05, 3.63) is 120 Å². The lowest BCUT2D eigenvalue weighted by atomic mass is 9.87. The van der Waals surface area contributed by atoms with E-state index < -0.39 is 0 Å². The molecule has 5 aromatic carbocycles. The lowest BCUT2D eigenvalue weighted by Crippen LogP contribution is -1.96. The second-order valence-corrected chi connectivity index (χ2v) is 7.85. The quantitative estimate of drug-likeness (QED) is 0.322. The molecule has 1 heteroatoms. The maximum Gasteiger partial charge on any atom is 0.0553 e. The summed E-state index contributed by atoms with van der Waals surface area (Å²) in [5.41, 5.74) is 7.69. The molecule has 0 unspecified atom stereocenters. The molecule has 0 amide bonds. The third kappa shape index (κ3) is 2.63. The van der Waals surface area contributed by atoms with E-state index in [1.807, 2.05) is 0 Å². The van der Waals surface area contributed by atoms with Crippen molar-refractivity contribution in [1.29, 1.82) is 0 Å². The molecule has 0 aliphatic heterocycles. The molecule has 142 valence electrons. The van der Waals surface area contributed by atoms with Crippen LogP contribution in [0.15, 0.2) is 109 Å². The lowest BCUT2D eigenvalue weighted by molar-refractivity contribution is 1.22. The number of aromatic amines is 1. The van der Waals surface area contributed by atoms with Gasteiger partial charge >= 0.3 is 0 Å². The number of rotatable bonds is 3. The fourth-order valence-corrected chi connectivity index (χ4v) is 4.77. The first-order valence-electron chi connectivity index (χ1n) is 10.4. The summed E-state index contributed by atoms with van der Waals surface area (Å²) in [6, 6.07) is 39.1. The first kappa shape index (κ1) is 17.1. The van der Waals surface area contributed by atoms with E-state index in [0.29, 0.717) is 0 Å². The van der Waals surface area contributed by atoms with Gasteiger partial charge in [-0.3, -0.25) is 0 Å². The van der Waals surface area contributed by atoms with E-state index in [0.717, 1.165) is 6.42 Å². The van der Waals surface area contributed by atoms with Crippen LogP contribution in [0.1, 0.15) is 11.1 Å². The molecular weight excluding hydrogens is 362 g/mol. The van der Waals surface area contributed by atoms with E-state index in [2.05, 4.69) is 114 Å². The van der Waals surface area contributed by atoms with Gasteiger partial charge in [-0.25, -0.2) is 0 Å². The van der Waals surface area contributed by atoms with Crippen molar-refractivity contribution >= 4 is 32.6 Å². The minimum Gasteiger partial charge on any atom is -0.354 e. The summed E-state index contributed by atoms with van der Waals surface area (Å²) in [6.45, 7) is 0. The minimum atomic E-state index is 0.900. The second-order valence-electron chi connectivity index (χ2n) is 7.85. The number of nitrogens with one attached hydrogen (secondary N) is 1. The Hall–Kier alpha value is -3.84. The van der Waals surface area contributed by atoms with E-state index >= 15 is 0 Å². The number of hydrogen-bond acceptors (Lipinski definition) is 0. The minimum absolute atomic E-state index is 0.900. The zero-order valence-corrected chi connectivity index (χ0v) is 16.6. The molecule has 0 spiro atoms. The summed E-state index contributed by atoms with van der Waals surface area (Å²) in [5.74, 6) is 0.